The van der Waals surface area contributed by atoms with Crippen molar-refractivity contribution in [1.82, 2.24) is 4.90 Å². The van der Waals surface area contributed by atoms with Gasteiger partial charge in [-0.25, -0.2) is 4.79 Å². The third-order valence-corrected chi connectivity index (χ3v) is 3.29. The number of likely N-dealkylation sites (tertiary alicyclic amines) is 1. The van der Waals surface area contributed by atoms with Crippen molar-refractivity contribution in [1.29, 1.82) is 0 Å². The molecule has 0 bridgehead atoms. The molecule has 0 saturated carbocycles. The summed E-state index contributed by atoms with van der Waals surface area (Å²) in [6.45, 7) is 6.85. The van der Waals surface area contributed by atoms with E-state index < -0.39 is 12.0 Å². The molecule has 0 aromatic rings. The molecule has 3 nitrogen and oxygen atoms in total. The Morgan fingerprint density at radius 2 is 2.07 bits per heavy atom. The Labute approximate surface area is 90.1 Å². The minimum Gasteiger partial charge on any atom is -0.480 e. The van der Waals surface area contributed by atoms with Crippen LogP contribution in [0.2, 0.25) is 0 Å². The number of carbonyl (C=O) groups is 1. The van der Waals surface area contributed by atoms with E-state index in [-0.39, 0.29) is 5.41 Å². The first-order valence-corrected chi connectivity index (χ1v) is 5.29. The van der Waals surface area contributed by atoms with Crippen LogP contribution in [0.5, 0.6) is 0 Å². The molecule has 1 fully saturated rings. The minimum atomic E-state index is -0.755. The van der Waals surface area contributed by atoms with E-state index in [9.17, 15) is 4.79 Å². The molecule has 0 amide bonds. The number of rotatable bonds is 1. The number of aliphatic carboxylic acids is 1. The van der Waals surface area contributed by atoms with Crippen molar-refractivity contribution >= 4 is 23.2 Å². The smallest absolute Gasteiger partial charge is 0.326 e. The van der Waals surface area contributed by atoms with Gasteiger partial charge in [0.1, 0.15) is 6.04 Å². The summed E-state index contributed by atoms with van der Waals surface area (Å²) in [7, 11) is 0. The van der Waals surface area contributed by atoms with Crippen LogP contribution in [0.3, 0.4) is 0 Å². The van der Waals surface area contributed by atoms with Gasteiger partial charge in [-0.1, -0.05) is 33.0 Å². The first kappa shape index (κ1) is 11.4. The van der Waals surface area contributed by atoms with E-state index in [0.717, 1.165) is 18.0 Å². The minimum absolute atomic E-state index is 0.118. The van der Waals surface area contributed by atoms with Gasteiger partial charge in [0.15, 0.2) is 0 Å². The molecule has 1 saturated heterocycles. The van der Waals surface area contributed by atoms with Gasteiger partial charge < -0.3 is 10.0 Å². The van der Waals surface area contributed by atoms with E-state index >= 15 is 0 Å². The van der Waals surface area contributed by atoms with Crippen molar-refractivity contribution in [3.05, 3.63) is 0 Å². The van der Waals surface area contributed by atoms with Crippen molar-refractivity contribution < 1.29 is 9.90 Å². The third-order valence-electron chi connectivity index (χ3n) is 2.44. The number of hydrogen-bond acceptors (Lipinski definition) is 2. The van der Waals surface area contributed by atoms with Gasteiger partial charge in [0.05, 0.1) is 4.99 Å². The van der Waals surface area contributed by atoms with Crippen molar-refractivity contribution in [3.63, 3.8) is 0 Å². The highest BCUT2D eigenvalue weighted by Crippen LogP contribution is 2.26. The number of hydrogen-bond donors (Lipinski definition) is 1. The lowest BCUT2D eigenvalue weighted by Crippen LogP contribution is -2.44. The summed E-state index contributed by atoms with van der Waals surface area (Å²) in [6.07, 6.45) is 1.64. The van der Waals surface area contributed by atoms with Gasteiger partial charge in [0.25, 0.3) is 0 Å². The summed E-state index contributed by atoms with van der Waals surface area (Å²) in [5.41, 5.74) is -0.118. The average molecular weight is 215 g/mol. The van der Waals surface area contributed by atoms with Crippen molar-refractivity contribution in [3.8, 4) is 0 Å². The molecule has 1 N–H and O–H groups in total. The van der Waals surface area contributed by atoms with E-state index in [0.29, 0.717) is 6.42 Å². The lowest BCUT2D eigenvalue weighted by Gasteiger charge is -2.32. The Balaban J connectivity index is 2.77. The Kier molecular flexibility index (Phi) is 3.14. The van der Waals surface area contributed by atoms with Gasteiger partial charge in [-0.05, 0) is 12.8 Å². The molecule has 1 atom stereocenters. The van der Waals surface area contributed by atoms with Crippen LogP contribution in [-0.4, -0.2) is 33.6 Å². The highest BCUT2D eigenvalue weighted by molar-refractivity contribution is 7.80. The number of carboxylic acids is 1. The number of nitrogens with zero attached hydrogens (tertiary/aromatic N) is 1. The maximum absolute atomic E-state index is 10.9. The van der Waals surface area contributed by atoms with Gasteiger partial charge in [-0.15, -0.1) is 0 Å². The largest absolute Gasteiger partial charge is 0.480 e. The molecule has 1 heterocycles. The van der Waals surface area contributed by atoms with Gasteiger partial charge in [0.2, 0.25) is 0 Å². The van der Waals surface area contributed by atoms with E-state index in [1.54, 1.807) is 0 Å². The molecule has 1 aliphatic heterocycles. The average Bonchev–Trinajstić information content (AvgIpc) is 2.48. The molecule has 1 rings (SSSR count). The van der Waals surface area contributed by atoms with Crippen molar-refractivity contribution in [2.75, 3.05) is 6.54 Å². The van der Waals surface area contributed by atoms with Crippen LogP contribution in [0.1, 0.15) is 33.6 Å². The van der Waals surface area contributed by atoms with Gasteiger partial charge >= 0.3 is 5.97 Å². The Morgan fingerprint density at radius 3 is 2.50 bits per heavy atom. The van der Waals surface area contributed by atoms with Crippen LogP contribution in [-0.2, 0) is 4.79 Å². The molecule has 0 aromatic carbocycles. The Hall–Kier alpha value is -0.640. The molecule has 80 valence electrons. The molecule has 1 aliphatic rings. The fourth-order valence-electron chi connectivity index (χ4n) is 1.70. The fourth-order valence-corrected chi connectivity index (χ4v) is 1.92. The molecule has 0 aliphatic carbocycles. The van der Waals surface area contributed by atoms with E-state index in [4.69, 9.17) is 17.3 Å². The zero-order valence-corrected chi connectivity index (χ0v) is 9.73. The first-order valence-electron chi connectivity index (χ1n) is 4.88. The standard InChI is InChI=1S/C10H17NO2S/c1-10(2,3)9(14)11-6-4-5-7(11)8(12)13/h7H,4-6H2,1-3H3,(H,12,13)/t7-/m0/s1. The highest BCUT2D eigenvalue weighted by Gasteiger charge is 2.35. The maximum atomic E-state index is 10.9. The third kappa shape index (κ3) is 2.23. The van der Waals surface area contributed by atoms with Gasteiger partial charge in [0, 0.05) is 12.0 Å². The quantitative estimate of drug-likeness (QED) is 0.678. The topological polar surface area (TPSA) is 40.5 Å². The second-order valence-corrected chi connectivity index (χ2v) is 5.13. The molecule has 0 unspecified atom stereocenters. The predicted molar refractivity (Wildman–Crippen MR) is 59.4 cm³/mol. The molecular weight excluding hydrogens is 198 g/mol. The second-order valence-electron chi connectivity index (χ2n) is 4.74. The molecular formula is C10H17NO2S. The Bertz CT molecular complexity index is 257. The zero-order valence-electron chi connectivity index (χ0n) is 8.91. The Morgan fingerprint density at radius 1 is 1.50 bits per heavy atom. The monoisotopic (exact) mass is 215 g/mol. The van der Waals surface area contributed by atoms with Crippen molar-refractivity contribution in [2.45, 2.75) is 39.7 Å². The number of carboxylic acid groups (broad SMARTS) is 1. The molecule has 0 radical (unpaired) electrons. The van der Waals surface area contributed by atoms with Crippen LogP contribution < -0.4 is 0 Å². The maximum Gasteiger partial charge on any atom is 0.326 e. The fraction of sp³-hybridized carbons (Fsp3) is 0.800. The summed E-state index contributed by atoms with van der Waals surface area (Å²) in [5, 5.41) is 9.00. The van der Waals surface area contributed by atoms with Crippen LogP contribution in [0.25, 0.3) is 0 Å². The summed E-state index contributed by atoms with van der Waals surface area (Å²) in [5.74, 6) is -0.755. The summed E-state index contributed by atoms with van der Waals surface area (Å²) in [4.78, 5) is 13.6. The summed E-state index contributed by atoms with van der Waals surface area (Å²) >= 11 is 5.31. The van der Waals surface area contributed by atoms with Crippen LogP contribution in [0, 0.1) is 5.41 Å². The molecule has 14 heavy (non-hydrogen) atoms. The zero-order chi connectivity index (χ0) is 10.9. The van der Waals surface area contributed by atoms with Crippen LogP contribution in [0.15, 0.2) is 0 Å². The molecule has 4 heteroatoms. The first-order chi connectivity index (χ1) is 6.34. The summed E-state index contributed by atoms with van der Waals surface area (Å²) in [6, 6.07) is -0.401. The van der Waals surface area contributed by atoms with E-state index in [2.05, 4.69) is 0 Å². The van der Waals surface area contributed by atoms with Crippen LogP contribution >= 0.6 is 12.2 Å². The lowest BCUT2D eigenvalue weighted by atomic mass is 9.95. The summed E-state index contributed by atoms with van der Waals surface area (Å²) < 4.78 is 0. The van der Waals surface area contributed by atoms with Crippen molar-refractivity contribution in [2.24, 2.45) is 5.41 Å². The molecule has 0 spiro atoms. The second kappa shape index (κ2) is 3.85. The van der Waals surface area contributed by atoms with Crippen LogP contribution in [0.4, 0.5) is 0 Å². The SMILES string of the molecule is CC(C)(C)C(=S)N1CCC[C@H]1C(=O)O. The lowest BCUT2D eigenvalue weighted by molar-refractivity contribution is -0.140. The van der Waals surface area contributed by atoms with Gasteiger partial charge in [-0.3, -0.25) is 0 Å². The number of thiocarbonyl (C=S) groups is 1. The highest BCUT2D eigenvalue weighted by atomic mass is 32.1. The van der Waals surface area contributed by atoms with E-state index in [1.165, 1.54) is 0 Å². The van der Waals surface area contributed by atoms with E-state index in [1.807, 2.05) is 25.7 Å². The molecule has 0 aromatic heterocycles. The normalized spacial score (nSPS) is 22.5. The predicted octanol–water partition coefficient (Wildman–Crippen LogP) is 1.91. The van der Waals surface area contributed by atoms with Gasteiger partial charge in [-0.2, -0.15) is 0 Å².